The van der Waals surface area contributed by atoms with Gasteiger partial charge < -0.3 is 14.6 Å². The average Bonchev–Trinajstić information content (AvgIpc) is 2.35. The molecule has 0 aliphatic carbocycles. The van der Waals surface area contributed by atoms with Crippen LogP contribution in [0.25, 0.3) is 0 Å². The minimum absolute atomic E-state index is 0.325. The molecule has 1 aliphatic heterocycles. The number of aliphatic hydroxyl groups excluding tert-OH is 1. The Labute approximate surface area is 119 Å². The molecule has 0 saturated carbocycles. The third-order valence-electron chi connectivity index (χ3n) is 3.05. The summed E-state index contributed by atoms with van der Waals surface area (Å²) in [5, 5.41) is 10.0. The SMILES string of the molecule is CC1(C)OC(=O)C=C(C[C@H](O)CCc2ccccc2)O1. The van der Waals surface area contributed by atoms with Crippen molar-refractivity contribution < 1.29 is 19.4 Å². The molecule has 1 aliphatic rings. The van der Waals surface area contributed by atoms with E-state index in [1.807, 2.05) is 30.3 Å². The molecule has 4 nitrogen and oxygen atoms in total. The second-order valence-electron chi connectivity index (χ2n) is 5.42. The number of carbonyl (C=O) groups is 1. The van der Waals surface area contributed by atoms with E-state index in [1.165, 1.54) is 11.6 Å². The highest BCUT2D eigenvalue weighted by Gasteiger charge is 2.30. The van der Waals surface area contributed by atoms with E-state index in [4.69, 9.17) is 9.47 Å². The summed E-state index contributed by atoms with van der Waals surface area (Å²) >= 11 is 0. The smallest absolute Gasteiger partial charge is 0.337 e. The van der Waals surface area contributed by atoms with Crippen LogP contribution in [0.2, 0.25) is 0 Å². The molecule has 0 saturated heterocycles. The lowest BCUT2D eigenvalue weighted by atomic mass is 10.0. The van der Waals surface area contributed by atoms with Crippen molar-refractivity contribution >= 4 is 5.97 Å². The fraction of sp³-hybridized carbons (Fsp3) is 0.438. The molecule has 108 valence electrons. The van der Waals surface area contributed by atoms with Crippen LogP contribution in [0.4, 0.5) is 0 Å². The van der Waals surface area contributed by atoms with Gasteiger partial charge in [-0.3, -0.25) is 0 Å². The van der Waals surface area contributed by atoms with Gasteiger partial charge in [0.1, 0.15) is 5.76 Å². The third-order valence-corrected chi connectivity index (χ3v) is 3.05. The summed E-state index contributed by atoms with van der Waals surface area (Å²) in [6, 6.07) is 9.99. The molecule has 1 heterocycles. The van der Waals surface area contributed by atoms with Gasteiger partial charge in [-0.05, 0) is 18.4 Å². The Morgan fingerprint density at radius 2 is 1.90 bits per heavy atom. The lowest BCUT2D eigenvalue weighted by molar-refractivity contribution is -0.206. The van der Waals surface area contributed by atoms with E-state index in [-0.39, 0.29) is 0 Å². The Balaban J connectivity index is 1.85. The second-order valence-corrected chi connectivity index (χ2v) is 5.42. The molecule has 0 aromatic heterocycles. The van der Waals surface area contributed by atoms with Crippen molar-refractivity contribution in [2.75, 3.05) is 0 Å². The molecule has 1 aromatic rings. The van der Waals surface area contributed by atoms with Crippen LogP contribution in [-0.4, -0.2) is 23.0 Å². The molecule has 20 heavy (non-hydrogen) atoms. The van der Waals surface area contributed by atoms with Crippen molar-refractivity contribution in [2.24, 2.45) is 0 Å². The number of esters is 1. The van der Waals surface area contributed by atoms with Crippen molar-refractivity contribution in [3.05, 3.63) is 47.7 Å². The summed E-state index contributed by atoms with van der Waals surface area (Å²) in [4.78, 5) is 11.4. The number of rotatable bonds is 5. The Bertz CT molecular complexity index is 490. The van der Waals surface area contributed by atoms with Gasteiger partial charge in [0, 0.05) is 20.3 Å². The van der Waals surface area contributed by atoms with Crippen molar-refractivity contribution in [1.29, 1.82) is 0 Å². The standard InChI is InChI=1S/C16H20O4/c1-16(2)19-14(11-15(18)20-16)10-13(17)9-8-12-6-4-3-5-7-12/h3-7,11,13,17H,8-10H2,1-2H3/t13-/m1/s1. The van der Waals surface area contributed by atoms with Crippen LogP contribution in [0, 0.1) is 0 Å². The van der Waals surface area contributed by atoms with Crippen LogP contribution < -0.4 is 0 Å². The largest absolute Gasteiger partial charge is 0.457 e. The van der Waals surface area contributed by atoms with Gasteiger partial charge in [-0.15, -0.1) is 0 Å². The highest BCUT2D eigenvalue weighted by molar-refractivity contribution is 5.83. The molecule has 1 aromatic carbocycles. The topological polar surface area (TPSA) is 55.8 Å². The summed E-state index contributed by atoms with van der Waals surface area (Å²) in [5.74, 6) is -0.904. The molecule has 1 atom stereocenters. The fourth-order valence-corrected chi connectivity index (χ4v) is 2.18. The highest BCUT2D eigenvalue weighted by Crippen LogP contribution is 2.25. The van der Waals surface area contributed by atoms with E-state index in [1.54, 1.807) is 13.8 Å². The van der Waals surface area contributed by atoms with E-state index in [2.05, 4.69) is 0 Å². The van der Waals surface area contributed by atoms with Crippen LogP contribution in [-0.2, 0) is 20.7 Å². The zero-order chi connectivity index (χ0) is 14.6. The van der Waals surface area contributed by atoms with Gasteiger partial charge in [0.2, 0.25) is 5.79 Å². The number of carbonyl (C=O) groups excluding carboxylic acids is 1. The predicted molar refractivity (Wildman–Crippen MR) is 74.7 cm³/mol. The number of benzene rings is 1. The van der Waals surface area contributed by atoms with Crippen molar-refractivity contribution in [3.63, 3.8) is 0 Å². The van der Waals surface area contributed by atoms with Crippen LogP contribution in [0.15, 0.2) is 42.2 Å². The molecular formula is C16H20O4. The predicted octanol–water partition coefficient (Wildman–Crippen LogP) is 2.56. The first-order chi connectivity index (χ1) is 9.44. The Morgan fingerprint density at radius 1 is 1.20 bits per heavy atom. The van der Waals surface area contributed by atoms with Crippen LogP contribution in [0.3, 0.4) is 0 Å². The summed E-state index contributed by atoms with van der Waals surface area (Å²) in [7, 11) is 0. The van der Waals surface area contributed by atoms with Gasteiger partial charge in [-0.2, -0.15) is 0 Å². The molecule has 0 fully saturated rings. The van der Waals surface area contributed by atoms with Crippen LogP contribution in [0.5, 0.6) is 0 Å². The van der Waals surface area contributed by atoms with Gasteiger partial charge in [0.05, 0.1) is 12.2 Å². The first kappa shape index (κ1) is 14.6. The quantitative estimate of drug-likeness (QED) is 0.840. The van der Waals surface area contributed by atoms with Crippen LogP contribution in [0.1, 0.15) is 32.3 Å². The third kappa shape index (κ3) is 4.38. The summed E-state index contributed by atoms with van der Waals surface area (Å²) in [6.45, 7) is 3.35. The minimum atomic E-state index is -0.958. The summed E-state index contributed by atoms with van der Waals surface area (Å²) < 4.78 is 10.5. The molecule has 1 N–H and O–H groups in total. The molecule has 0 spiro atoms. The number of hydrogen-bond donors (Lipinski definition) is 1. The van der Waals surface area contributed by atoms with Crippen molar-refractivity contribution in [1.82, 2.24) is 0 Å². The number of aliphatic hydroxyl groups is 1. The molecule has 0 amide bonds. The normalized spacial score (nSPS) is 18.8. The van der Waals surface area contributed by atoms with E-state index in [0.717, 1.165) is 6.42 Å². The Hall–Kier alpha value is -1.81. The van der Waals surface area contributed by atoms with E-state index >= 15 is 0 Å². The Kier molecular flexibility index (Phi) is 4.45. The highest BCUT2D eigenvalue weighted by atomic mass is 16.7. The maximum atomic E-state index is 11.4. The maximum absolute atomic E-state index is 11.4. The van der Waals surface area contributed by atoms with Crippen molar-refractivity contribution in [3.8, 4) is 0 Å². The molecule has 0 unspecified atom stereocenters. The summed E-state index contributed by atoms with van der Waals surface area (Å²) in [5.41, 5.74) is 1.19. The molecule has 2 rings (SSSR count). The number of hydrogen-bond acceptors (Lipinski definition) is 4. The average molecular weight is 276 g/mol. The molecule has 0 bridgehead atoms. The lowest BCUT2D eigenvalue weighted by Crippen LogP contribution is -2.35. The first-order valence-electron chi connectivity index (χ1n) is 6.79. The Morgan fingerprint density at radius 3 is 2.55 bits per heavy atom. The van der Waals surface area contributed by atoms with Gasteiger partial charge in [0.25, 0.3) is 0 Å². The van der Waals surface area contributed by atoms with E-state index in [0.29, 0.717) is 18.6 Å². The van der Waals surface area contributed by atoms with Gasteiger partial charge in [-0.1, -0.05) is 30.3 Å². The first-order valence-corrected chi connectivity index (χ1v) is 6.79. The number of ether oxygens (including phenoxy) is 2. The zero-order valence-electron chi connectivity index (χ0n) is 11.8. The van der Waals surface area contributed by atoms with Gasteiger partial charge in [-0.25, -0.2) is 4.79 Å². The monoisotopic (exact) mass is 276 g/mol. The maximum Gasteiger partial charge on any atom is 0.337 e. The van der Waals surface area contributed by atoms with Gasteiger partial charge in [0.15, 0.2) is 0 Å². The van der Waals surface area contributed by atoms with Crippen molar-refractivity contribution in [2.45, 2.75) is 45.0 Å². The summed E-state index contributed by atoms with van der Waals surface area (Å²) in [6.07, 6.45) is 2.51. The number of aryl methyl sites for hydroxylation is 1. The molecule has 0 radical (unpaired) electrons. The number of cyclic esters (lactones) is 1. The van der Waals surface area contributed by atoms with Gasteiger partial charge >= 0.3 is 5.97 Å². The zero-order valence-corrected chi connectivity index (χ0v) is 11.8. The fourth-order valence-electron chi connectivity index (χ4n) is 2.18. The van der Waals surface area contributed by atoms with E-state index < -0.39 is 17.9 Å². The minimum Gasteiger partial charge on any atom is -0.457 e. The van der Waals surface area contributed by atoms with Crippen LogP contribution >= 0.6 is 0 Å². The lowest BCUT2D eigenvalue weighted by Gasteiger charge is -2.31. The van der Waals surface area contributed by atoms with E-state index in [9.17, 15) is 9.90 Å². The second kappa shape index (κ2) is 6.09. The molecule has 4 heteroatoms. The molecular weight excluding hydrogens is 256 g/mol.